The molecule has 5 heteroatoms. The molecule has 0 spiro atoms. The summed E-state index contributed by atoms with van der Waals surface area (Å²) in [4.78, 5) is 1.77. The zero-order valence-corrected chi connectivity index (χ0v) is 11.4. The fraction of sp³-hybridized carbons (Fsp3) is 0.133. The molecule has 2 aromatic carbocycles. The first-order valence-corrected chi connectivity index (χ1v) is 6.04. The van der Waals surface area contributed by atoms with Gasteiger partial charge in [0.05, 0.1) is 12.8 Å². The lowest BCUT2D eigenvalue weighted by Crippen LogP contribution is -2.18. The average Bonchev–Trinajstić information content (AvgIpc) is 2.45. The van der Waals surface area contributed by atoms with Crippen LogP contribution in [0.2, 0.25) is 0 Å². The first-order valence-electron chi connectivity index (χ1n) is 6.04. The standard InChI is InChI=1S/C15H16FN3O/c1-19(11-5-3-4-10(16)8-11)14-9-12(20-2)6-7-13(14)15(17)18/h3-9H,1-2H3,(H3,17,18). The molecule has 0 radical (unpaired) electrons. The van der Waals surface area contributed by atoms with Gasteiger partial charge < -0.3 is 15.4 Å². The second-order valence-corrected chi connectivity index (χ2v) is 4.34. The van der Waals surface area contributed by atoms with E-state index in [0.29, 0.717) is 22.7 Å². The van der Waals surface area contributed by atoms with Crippen molar-refractivity contribution in [1.29, 1.82) is 5.41 Å². The number of rotatable bonds is 4. The van der Waals surface area contributed by atoms with Gasteiger partial charge in [-0.3, -0.25) is 5.41 Å². The van der Waals surface area contributed by atoms with Gasteiger partial charge in [-0.25, -0.2) is 4.39 Å². The van der Waals surface area contributed by atoms with Crippen molar-refractivity contribution in [2.75, 3.05) is 19.1 Å². The number of nitrogens with zero attached hydrogens (tertiary/aromatic N) is 1. The Kier molecular flexibility index (Phi) is 3.89. The molecule has 0 aliphatic carbocycles. The smallest absolute Gasteiger partial charge is 0.125 e. The Morgan fingerprint density at radius 3 is 2.60 bits per heavy atom. The van der Waals surface area contributed by atoms with Crippen LogP contribution in [0.1, 0.15) is 5.56 Å². The number of halogens is 1. The van der Waals surface area contributed by atoms with Crippen LogP contribution in [0.3, 0.4) is 0 Å². The number of methoxy groups -OCH3 is 1. The maximum atomic E-state index is 13.3. The van der Waals surface area contributed by atoms with Crippen molar-refractivity contribution in [3.63, 3.8) is 0 Å². The summed E-state index contributed by atoms with van der Waals surface area (Å²) >= 11 is 0. The van der Waals surface area contributed by atoms with E-state index < -0.39 is 0 Å². The lowest BCUT2D eigenvalue weighted by atomic mass is 10.1. The molecule has 2 aromatic rings. The third-order valence-corrected chi connectivity index (χ3v) is 3.05. The largest absolute Gasteiger partial charge is 0.497 e. The van der Waals surface area contributed by atoms with Crippen LogP contribution in [0.5, 0.6) is 5.75 Å². The van der Waals surface area contributed by atoms with Crippen LogP contribution < -0.4 is 15.4 Å². The number of benzene rings is 2. The van der Waals surface area contributed by atoms with Crippen molar-refractivity contribution in [3.8, 4) is 5.75 Å². The Morgan fingerprint density at radius 2 is 2.00 bits per heavy atom. The Morgan fingerprint density at radius 1 is 1.25 bits per heavy atom. The summed E-state index contributed by atoms with van der Waals surface area (Å²) < 4.78 is 18.5. The minimum Gasteiger partial charge on any atom is -0.497 e. The first kappa shape index (κ1) is 13.9. The quantitative estimate of drug-likeness (QED) is 0.665. The van der Waals surface area contributed by atoms with Gasteiger partial charge in [-0.15, -0.1) is 0 Å². The van der Waals surface area contributed by atoms with E-state index in [9.17, 15) is 4.39 Å². The Bertz CT molecular complexity index is 643. The van der Waals surface area contributed by atoms with Crippen LogP contribution in [0.15, 0.2) is 42.5 Å². The molecular weight excluding hydrogens is 257 g/mol. The molecule has 0 saturated heterocycles. The number of hydrogen-bond acceptors (Lipinski definition) is 3. The summed E-state index contributed by atoms with van der Waals surface area (Å²) in [5.74, 6) is 0.279. The first-order chi connectivity index (χ1) is 9.52. The highest BCUT2D eigenvalue weighted by Gasteiger charge is 2.13. The van der Waals surface area contributed by atoms with Crippen molar-refractivity contribution in [3.05, 3.63) is 53.8 Å². The van der Waals surface area contributed by atoms with E-state index in [1.54, 1.807) is 49.4 Å². The normalized spacial score (nSPS) is 10.2. The van der Waals surface area contributed by atoms with Gasteiger partial charge in [-0.1, -0.05) is 6.07 Å². The van der Waals surface area contributed by atoms with Gasteiger partial charge in [0, 0.05) is 24.4 Å². The minimum atomic E-state index is -0.318. The highest BCUT2D eigenvalue weighted by molar-refractivity contribution is 6.01. The lowest BCUT2D eigenvalue weighted by molar-refractivity contribution is 0.415. The van der Waals surface area contributed by atoms with E-state index >= 15 is 0 Å². The van der Waals surface area contributed by atoms with Gasteiger partial charge >= 0.3 is 0 Å². The average molecular weight is 273 g/mol. The number of nitrogens with one attached hydrogen (secondary N) is 1. The molecule has 2 rings (SSSR count). The monoisotopic (exact) mass is 273 g/mol. The number of hydrogen-bond donors (Lipinski definition) is 2. The number of nitrogens with two attached hydrogens (primary N) is 1. The summed E-state index contributed by atoms with van der Waals surface area (Å²) in [6.45, 7) is 0. The van der Waals surface area contributed by atoms with Crippen LogP contribution >= 0.6 is 0 Å². The molecule has 0 aromatic heterocycles. The van der Waals surface area contributed by atoms with Crippen LogP contribution in [0.25, 0.3) is 0 Å². The number of anilines is 2. The van der Waals surface area contributed by atoms with Crippen molar-refractivity contribution in [2.45, 2.75) is 0 Å². The molecule has 0 aliphatic rings. The molecule has 0 fully saturated rings. The molecule has 0 unspecified atom stereocenters. The van der Waals surface area contributed by atoms with Crippen LogP contribution in [0, 0.1) is 11.2 Å². The van der Waals surface area contributed by atoms with E-state index in [0.717, 1.165) is 0 Å². The van der Waals surface area contributed by atoms with E-state index in [1.807, 2.05) is 0 Å². The Labute approximate surface area is 117 Å². The van der Waals surface area contributed by atoms with Gasteiger partial charge in [0.15, 0.2) is 0 Å². The van der Waals surface area contributed by atoms with Gasteiger partial charge in [0.1, 0.15) is 17.4 Å². The van der Waals surface area contributed by atoms with Crippen molar-refractivity contribution < 1.29 is 9.13 Å². The van der Waals surface area contributed by atoms with Gasteiger partial charge in [-0.2, -0.15) is 0 Å². The van der Waals surface area contributed by atoms with E-state index in [4.69, 9.17) is 15.9 Å². The summed E-state index contributed by atoms with van der Waals surface area (Å²) in [6, 6.07) is 11.4. The summed E-state index contributed by atoms with van der Waals surface area (Å²) in [7, 11) is 3.35. The van der Waals surface area contributed by atoms with Crippen LogP contribution in [-0.4, -0.2) is 20.0 Å². The Balaban J connectivity index is 2.52. The zero-order chi connectivity index (χ0) is 14.7. The molecule has 0 heterocycles. The molecule has 0 saturated carbocycles. The van der Waals surface area contributed by atoms with E-state index in [1.165, 1.54) is 12.1 Å². The predicted molar refractivity (Wildman–Crippen MR) is 78.5 cm³/mol. The number of ether oxygens (including phenoxy) is 1. The number of amidine groups is 1. The van der Waals surface area contributed by atoms with Gasteiger partial charge in [0.25, 0.3) is 0 Å². The fourth-order valence-electron chi connectivity index (χ4n) is 1.97. The number of nitrogen functional groups attached to an aromatic ring is 1. The van der Waals surface area contributed by atoms with Crippen LogP contribution in [-0.2, 0) is 0 Å². The maximum Gasteiger partial charge on any atom is 0.125 e. The van der Waals surface area contributed by atoms with Gasteiger partial charge in [0.2, 0.25) is 0 Å². The summed E-state index contributed by atoms with van der Waals surface area (Å²) in [6.07, 6.45) is 0. The summed E-state index contributed by atoms with van der Waals surface area (Å²) in [5.41, 5.74) is 7.51. The van der Waals surface area contributed by atoms with Crippen molar-refractivity contribution in [2.24, 2.45) is 5.73 Å². The second-order valence-electron chi connectivity index (χ2n) is 4.34. The minimum absolute atomic E-state index is 0.0501. The molecule has 0 aliphatic heterocycles. The molecule has 0 atom stereocenters. The van der Waals surface area contributed by atoms with Crippen molar-refractivity contribution in [1.82, 2.24) is 0 Å². The summed E-state index contributed by atoms with van der Waals surface area (Å²) in [5, 5.41) is 7.64. The molecule has 3 N–H and O–H groups in total. The van der Waals surface area contributed by atoms with Gasteiger partial charge in [-0.05, 0) is 30.3 Å². The van der Waals surface area contributed by atoms with E-state index in [-0.39, 0.29) is 11.7 Å². The topological polar surface area (TPSA) is 62.3 Å². The molecular formula is C15H16FN3O. The highest BCUT2D eigenvalue weighted by Crippen LogP contribution is 2.30. The third kappa shape index (κ3) is 2.71. The molecule has 0 amide bonds. The predicted octanol–water partition coefficient (Wildman–Crippen LogP) is 2.89. The zero-order valence-electron chi connectivity index (χ0n) is 11.4. The molecule has 0 bridgehead atoms. The van der Waals surface area contributed by atoms with Crippen LogP contribution in [0.4, 0.5) is 15.8 Å². The van der Waals surface area contributed by atoms with Crippen molar-refractivity contribution >= 4 is 17.2 Å². The molecule has 104 valence electrons. The Hall–Kier alpha value is -2.56. The van der Waals surface area contributed by atoms with E-state index in [2.05, 4.69) is 0 Å². The fourth-order valence-corrected chi connectivity index (χ4v) is 1.97. The highest BCUT2D eigenvalue weighted by atomic mass is 19.1. The maximum absolute atomic E-state index is 13.3. The SMILES string of the molecule is COc1ccc(C(=N)N)c(N(C)c2cccc(F)c2)c1. The molecule has 20 heavy (non-hydrogen) atoms. The molecule has 4 nitrogen and oxygen atoms in total. The lowest BCUT2D eigenvalue weighted by Gasteiger charge is -2.23. The second kappa shape index (κ2) is 5.61. The third-order valence-electron chi connectivity index (χ3n) is 3.05.